The number of rotatable bonds is 4. The molecule has 3 aromatic rings. The molecule has 0 spiro atoms. The molecule has 1 saturated heterocycles. The monoisotopic (exact) mass is 464 g/mol. The van der Waals surface area contributed by atoms with Crippen LogP contribution in [-0.2, 0) is 0 Å². The molecule has 0 saturated carbocycles. The molecule has 1 aliphatic rings. The number of piperidine rings is 1. The summed E-state index contributed by atoms with van der Waals surface area (Å²) in [5, 5.41) is 10.3. The van der Waals surface area contributed by atoms with E-state index in [1.54, 1.807) is 0 Å². The predicted molar refractivity (Wildman–Crippen MR) is 128 cm³/mol. The van der Waals surface area contributed by atoms with E-state index in [-0.39, 0.29) is 0 Å². The molecule has 1 aliphatic heterocycles. The van der Waals surface area contributed by atoms with Gasteiger partial charge in [0.15, 0.2) is 0 Å². The molecule has 0 N–H and O–H groups in total. The average molecular weight is 465 g/mol. The van der Waals surface area contributed by atoms with Crippen LogP contribution in [0.4, 0.5) is 5.69 Å². The van der Waals surface area contributed by atoms with Crippen LogP contribution in [0.15, 0.2) is 34.9 Å². The van der Waals surface area contributed by atoms with Gasteiger partial charge in [0.1, 0.15) is 5.65 Å². The fourth-order valence-corrected chi connectivity index (χ4v) is 5.12. The lowest BCUT2D eigenvalue weighted by Gasteiger charge is -2.33. The highest BCUT2D eigenvalue weighted by Crippen LogP contribution is 2.36. The van der Waals surface area contributed by atoms with Crippen molar-refractivity contribution in [3.8, 4) is 11.8 Å². The quantitative estimate of drug-likeness (QED) is 0.433. The minimum absolute atomic E-state index is 0.495. The van der Waals surface area contributed by atoms with E-state index in [1.165, 1.54) is 22.2 Å². The summed E-state index contributed by atoms with van der Waals surface area (Å²) < 4.78 is 3.31. The Hall–Kier alpha value is -2.32. The molecule has 0 atom stereocenters. The van der Waals surface area contributed by atoms with Gasteiger partial charge in [-0.05, 0) is 83.8 Å². The summed E-state index contributed by atoms with van der Waals surface area (Å²) in [6, 6.07) is 11.2. The van der Waals surface area contributed by atoms with Gasteiger partial charge in [0.05, 0.1) is 11.8 Å². The average Bonchev–Trinajstić information content (AvgIpc) is 3.04. The van der Waals surface area contributed by atoms with Gasteiger partial charge in [-0.1, -0.05) is 19.9 Å². The van der Waals surface area contributed by atoms with E-state index in [1.807, 2.05) is 0 Å². The minimum atomic E-state index is 0.495. The Morgan fingerprint density at radius 1 is 1.17 bits per heavy atom. The lowest BCUT2D eigenvalue weighted by molar-refractivity contribution is 0.413. The summed E-state index contributed by atoms with van der Waals surface area (Å²) in [4.78, 5) is 7.43. The maximum Gasteiger partial charge on any atom is 0.147 e. The molecule has 30 heavy (non-hydrogen) atoms. The zero-order valence-electron chi connectivity index (χ0n) is 18.2. The van der Waals surface area contributed by atoms with Gasteiger partial charge in [-0.15, -0.1) is 0 Å². The van der Waals surface area contributed by atoms with Crippen LogP contribution in [0.3, 0.4) is 0 Å². The van der Waals surface area contributed by atoms with E-state index in [0.29, 0.717) is 18.3 Å². The molecule has 0 amide bonds. The van der Waals surface area contributed by atoms with Gasteiger partial charge >= 0.3 is 0 Å². The number of aryl methyl sites for hydroxylation is 2. The van der Waals surface area contributed by atoms with Crippen LogP contribution in [0.1, 0.15) is 55.8 Å². The molecule has 0 bridgehead atoms. The molecule has 0 unspecified atom stereocenters. The first kappa shape index (κ1) is 20.9. The van der Waals surface area contributed by atoms with Crippen LogP contribution in [0.5, 0.6) is 0 Å². The largest absolute Gasteiger partial charge is 0.371 e. The Kier molecular flexibility index (Phi) is 5.88. The number of aromatic nitrogens is 2. The summed E-state index contributed by atoms with van der Waals surface area (Å²) in [6.45, 7) is 10.7. The van der Waals surface area contributed by atoms with Gasteiger partial charge in [-0.25, -0.2) is 4.98 Å². The number of anilines is 1. The molecular formula is C25H29BrN4. The minimum Gasteiger partial charge on any atom is -0.371 e. The van der Waals surface area contributed by atoms with Crippen molar-refractivity contribution in [1.82, 2.24) is 9.55 Å². The number of nitriles is 1. The highest BCUT2D eigenvalue weighted by molar-refractivity contribution is 9.10. The Bertz CT molecular complexity index is 1110. The molecule has 4 rings (SSSR count). The van der Waals surface area contributed by atoms with E-state index in [4.69, 9.17) is 10.2 Å². The highest BCUT2D eigenvalue weighted by Gasteiger charge is 2.23. The van der Waals surface area contributed by atoms with Crippen molar-refractivity contribution < 1.29 is 0 Å². The smallest absolute Gasteiger partial charge is 0.147 e. The highest BCUT2D eigenvalue weighted by atomic mass is 79.9. The maximum absolute atomic E-state index is 9.02. The van der Waals surface area contributed by atoms with E-state index < -0.39 is 0 Å². The Morgan fingerprint density at radius 3 is 2.53 bits per heavy atom. The van der Waals surface area contributed by atoms with Gasteiger partial charge < -0.3 is 4.90 Å². The lowest BCUT2D eigenvalue weighted by Crippen LogP contribution is -2.33. The van der Waals surface area contributed by atoms with Gasteiger partial charge in [-0.2, -0.15) is 5.26 Å². The van der Waals surface area contributed by atoms with Crippen molar-refractivity contribution in [1.29, 1.82) is 5.26 Å². The van der Waals surface area contributed by atoms with Crippen molar-refractivity contribution in [3.63, 3.8) is 0 Å². The standard InChI is InChI=1S/C25H29BrN4/c1-16(2)20-5-6-22(21(26)14-20)30-15-17(3)24-23(13-18(4)28-25(24)30)29-11-8-19(7-10-27)9-12-29/h5-6,13-16,19H,7-9,11-12H2,1-4H3. The van der Waals surface area contributed by atoms with Crippen LogP contribution >= 0.6 is 15.9 Å². The van der Waals surface area contributed by atoms with E-state index >= 15 is 0 Å². The first-order valence-electron chi connectivity index (χ1n) is 10.8. The van der Waals surface area contributed by atoms with Crippen molar-refractivity contribution in [2.75, 3.05) is 18.0 Å². The van der Waals surface area contributed by atoms with E-state index in [9.17, 15) is 0 Å². The zero-order valence-corrected chi connectivity index (χ0v) is 19.8. The zero-order chi connectivity index (χ0) is 21.4. The number of fused-ring (bicyclic) bond motifs is 1. The first-order valence-corrected chi connectivity index (χ1v) is 11.6. The van der Waals surface area contributed by atoms with Gasteiger partial charge in [0.2, 0.25) is 0 Å². The summed E-state index contributed by atoms with van der Waals surface area (Å²) in [7, 11) is 0. The van der Waals surface area contributed by atoms with Crippen molar-refractivity contribution in [3.05, 3.63) is 51.8 Å². The first-order chi connectivity index (χ1) is 14.4. The fourth-order valence-electron chi connectivity index (χ4n) is 4.53. The second-order valence-electron chi connectivity index (χ2n) is 8.82. The number of benzene rings is 1. The summed E-state index contributed by atoms with van der Waals surface area (Å²) in [6.07, 6.45) is 5.05. The molecule has 5 heteroatoms. The Labute approximate surface area is 187 Å². The number of halogens is 1. The normalized spacial score (nSPS) is 15.2. The van der Waals surface area contributed by atoms with Crippen molar-refractivity contribution in [2.45, 2.75) is 52.9 Å². The van der Waals surface area contributed by atoms with Crippen molar-refractivity contribution >= 4 is 32.7 Å². The third-order valence-electron chi connectivity index (χ3n) is 6.29. The molecule has 156 valence electrons. The van der Waals surface area contributed by atoms with Crippen LogP contribution in [0.25, 0.3) is 16.7 Å². The van der Waals surface area contributed by atoms with Crippen molar-refractivity contribution in [2.24, 2.45) is 5.92 Å². The molecule has 2 aromatic heterocycles. The Morgan fingerprint density at radius 2 is 1.90 bits per heavy atom. The SMILES string of the molecule is Cc1cc(N2CCC(CC#N)CC2)c2c(C)cn(-c3ccc(C(C)C)cc3Br)c2n1. The summed E-state index contributed by atoms with van der Waals surface area (Å²) >= 11 is 3.80. The number of pyridine rings is 1. The van der Waals surface area contributed by atoms with E-state index in [0.717, 1.165) is 47.4 Å². The Balaban J connectivity index is 1.78. The molecule has 0 aliphatic carbocycles. The van der Waals surface area contributed by atoms with Gasteiger partial charge in [-0.3, -0.25) is 4.57 Å². The maximum atomic E-state index is 9.02. The van der Waals surface area contributed by atoms with Crippen LogP contribution in [0.2, 0.25) is 0 Å². The number of hydrogen-bond donors (Lipinski definition) is 0. The number of nitrogens with zero attached hydrogens (tertiary/aromatic N) is 4. The summed E-state index contributed by atoms with van der Waals surface area (Å²) in [5.74, 6) is 1.03. The molecular weight excluding hydrogens is 436 g/mol. The summed E-state index contributed by atoms with van der Waals surface area (Å²) in [5.41, 5.74) is 7.01. The molecule has 4 nitrogen and oxygen atoms in total. The molecule has 0 radical (unpaired) electrons. The van der Waals surface area contributed by atoms with Crippen LogP contribution in [0, 0.1) is 31.1 Å². The second-order valence-corrected chi connectivity index (χ2v) is 9.68. The van der Waals surface area contributed by atoms with Gasteiger partial charge in [0.25, 0.3) is 0 Å². The van der Waals surface area contributed by atoms with Gasteiger partial charge in [0, 0.05) is 46.9 Å². The molecule has 3 heterocycles. The topological polar surface area (TPSA) is 44.9 Å². The number of hydrogen-bond acceptors (Lipinski definition) is 3. The molecule has 1 fully saturated rings. The third-order valence-corrected chi connectivity index (χ3v) is 6.92. The fraction of sp³-hybridized carbons (Fsp3) is 0.440. The van der Waals surface area contributed by atoms with E-state index in [2.05, 4.69) is 89.6 Å². The van der Waals surface area contributed by atoms with Crippen LogP contribution in [-0.4, -0.2) is 22.6 Å². The molecule has 1 aromatic carbocycles. The predicted octanol–water partition coefficient (Wildman–Crippen LogP) is 6.66. The van der Waals surface area contributed by atoms with Crippen LogP contribution < -0.4 is 4.90 Å². The lowest BCUT2D eigenvalue weighted by atomic mass is 9.93. The second kappa shape index (κ2) is 8.43. The third kappa shape index (κ3) is 3.86.